The molecule has 2 aromatic heterocycles. The van der Waals surface area contributed by atoms with Gasteiger partial charge in [0.15, 0.2) is 5.69 Å². The number of nitrogens with one attached hydrogen (secondary N) is 1. The fraction of sp³-hybridized carbons (Fsp3) is 0.464. The number of amides is 3. The first-order valence-corrected chi connectivity index (χ1v) is 26.0. The SMILES string of the molecule is Cn1ncc(-c2nc([N+]#CC3CCC(CCCCCc4cc(N5CCN(Cc6ccc(COc7cccc8c7CN([C@H]7CCC(=O)NC7=O)C8=O)cc6)CC5)ccc4C#N)CC3)ncc2Cl)c1CC1CC1. The van der Waals surface area contributed by atoms with Gasteiger partial charge >= 0.3 is 5.95 Å². The van der Waals surface area contributed by atoms with E-state index in [1.807, 2.05) is 30.1 Å². The molecule has 2 aliphatic carbocycles. The highest BCUT2D eigenvalue weighted by molar-refractivity contribution is 6.33. The molecule has 4 fully saturated rings. The number of fused-ring (bicyclic) bond motifs is 1. The molecule has 0 radical (unpaired) electrons. The van der Waals surface area contributed by atoms with E-state index in [1.165, 1.54) is 49.8 Å². The summed E-state index contributed by atoms with van der Waals surface area (Å²) in [4.78, 5) is 57.7. The maximum absolute atomic E-state index is 13.2. The number of piperazine rings is 1. The quantitative estimate of drug-likeness (QED) is 0.0747. The first-order chi connectivity index (χ1) is 34.6. The topological polar surface area (TPSA) is 154 Å². The molecule has 366 valence electrons. The summed E-state index contributed by atoms with van der Waals surface area (Å²) >= 11 is 6.58. The van der Waals surface area contributed by atoms with Gasteiger partial charge in [-0.25, -0.2) is 0 Å². The van der Waals surface area contributed by atoms with Crippen molar-refractivity contribution in [3.8, 4) is 29.1 Å². The Morgan fingerprint density at radius 2 is 1.66 bits per heavy atom. The number of halogens is 1. The summed E-state index contributed by atoms with van der Waals surface area (Å²) < 4.78 is 8.18. The van der Waals surface area contributed by atoms with E-state index >= 15 is 0 Å². The molecule has 5 aromatic rings. The van der Waals surface area contributed by atoms with Crippen LogP contribution < -0.4 is 15.0 Å². The van der Waals surface area contributed by atoms with E-state index in [-0.39, 0.29) is 24.8 Å². The van der Waals surface area contributed by atoms with Crippen molar-refractivity contribution in [3.63, 3.8) is 0 Å². The number of nitrogens with zero attached hydrogens (tertiary/aromatic N) is 9. The van der Waals surface area contributed by atoms with Crippen LogP contribution >= 0.6 is 11.6 Å². The van der Waals surface area contributed by atoms with Gasteiger partial charge in [-0.1, -0.05) is 71.2 Å². The third-order valence-electron chi connectivity index (χ3n) is 15.3. The highest BCUT2D eigenvalue weighted by Crippen LogP contribution is 2.38. The molecule has 3 amide bonds. The summed E-state index contributed by atoms with van der Waals surface area (Å²) in [5, 5.41) is 17.3. The van der Waals surface area contributed by atoms with Crippen molar-refractivity contribution in [2.24, 2.45) is 24.8 Å². The molecule has 71 heavy (non-hydrogen) atoms. The Morgan fingerprint density at radius 1 is 0.873 bits per heavy atom. The number of hydrogen-bond acceptors (Lipinski definition) is 10. The second kappa shape index (κ2) is 21.8. The number of aryl methyl sites for hydroxylation is 2. The van der Waals surface area contributed by atoms with Crippen LogP contribution in [-0.2, 0) is 49.2 Å². The summed E-state index contributed by atoms with van der Waals surface area (Å²) in [6, 6.07) is 25.5. The molecule has 1 atom stereocenters. The van der Waals surface area contributed by atoms with Gasteiger partial charge in [-0.05, 0) is 123 Å². The van der Waals surface area contributed by atoms with Crippen molar-refractivity contribution in [1.29, 1.82) is 5.26 Å². The summed E-state index contributed by atoms with van der Waals surface area (Å²) in [5.74, 6) is 1.87. The third kappa shape index (κ3) is 11.5. The van der Waals surface area contributed by atoms with Crippen molar-refractivity contribution in [2.45, 2.75) is 116 Å². The molecule has 5 heterocycles. The van der Waals surface area contributed by atoms with Crippen LogP contribution in [0.4, 0.5) is 11.6 Å². The van der Waals surface area contributed by atoms with Gasteiger partial charge in [-0.2, -0.15) is 15.2 Å². The number of rotatable bonds is 16. The molecule has 5 aliphatic rings. The normalized spacial score (nSPS) is 20.3. The molecule has 15 heteroatoms. The van der Waals surface area contributed by atoms with Crippen LogP contribution in [0.15, 0.2) is 73.1 Å². The number of aromatic nitrogens is 4. The summed E-state index contributed by atoms with van der Waals surface area (Å²) in [6.07, 6.45) is 17.7. The number of nitriles is 1. The van der Waals surface area contributed by atoms with E-state index < -0.39 is 11.9 Å². The van der Waals surface area contributed by atoms with E-state index in [0.29, 0.717) is 46.9 Å². The maximum atomic E-state index is 13.2. The smallest absolute Gasteiger partial charge is 0.489 e. The fourth-order valence-corrected chi connectivity index (χ4v) is 11.1. The average molecular weight is 975 g/mol. The zero-order chi connectivity index (χ0) is 48.8. The molecule has 10 rings (SSSR count). The minimum atomic E-state index is -0.662. The lowest BCUT2D eigenvalue weighted by Crippen LogP contribution is -2.52. The van der Waals surface area contributed by atoms with Crippen LogP contribution in [-0.4, -0.2) is 79.5 Å². The van der Waals surface area contributed by atoms with Crippen LogP contribution in [0.2, 0.25) is 5.02 Å². The van der Waals surface area contributed by atoms with Crippen molar-refractivity contribution in [2.75, 3.05) is 31.1 Å². The molecule has 2 saturated carbocycles. The van der Waals surface area contributed by atoms with Crippen molar-refractivity contribution in [3.05, 3.63) is 122 Å². The highest BCUT2D eigenvalue weighted by atomic mass is 35.5. The lowest BCUT2D eigenvalue weighted by Gasteiger charge is -2.36. The van der Waals surface area contributed by atoms with Crippen molar-refractivity contribution in [1.82, 2.24) is 34.9 Å². The Kier molecular flexibility index (Phi) is 14.7. The first kappa shape index (κ1) is 48.0. The standard InChI is InChI=1S/C56H61ClN10O4/c1-64-50(28-38-12-13-38)46(32-61-64)53-48(57)33-60-56(63-53)59-31-39-14-10-37(11-15-39)6-3-2-4-7-42-29-44(21-20-43(42)30-58)66-26-24-65(25-27-66)34-40-16-18-41(19-17-40)36-71-51-9-5-8-45-47(51)35-67(55(45)70)49-22-23-52(68)62-54(49)69/h5,8-9,16-21,29,32-33,37-39,49H,2-4,6-7,10-15,22-28,34-36H2,1H3/p+1/t37?,39?,49-/m0/s1. The largest absolute Gasteiger partial charge is 0.530 e. The number of unbranched alkanes of at least 4 members (excludes halogenated alkanes) is 2. The Bertz CT molecular complexity index is 2880. The Balaban J connectivity index is 0.634. The number of anilines is 1. The van der Waals surface area contributed by atoms with E-state index in [0.717, 1.165) is 117 Å². The Morgan fingerprint density at radius 3 is 2.44 bits per heavy atom. The summed E-state index contributed by atoms with van der Waals surface area (Å²) in [5.41, 5.74) is 9.54. The van der Waals surface area contributed by atoms with Crippen LogP contribution in [0.25, 0.3) is 16.1 Å². The fourth-order valence-electron chi connectivity index (χ4n) is 10.9. The van der Waals surface area contributed by atoms with Gasteiger partial charge in [-0.3, -0.25) is 29.3 Å². The number of carbonyl (C=O) groups excluding carboxylic acids is 3. The van der Waals surface area contributed by atoms with Gasteiger partial charge in [0.25, 0.3) is 5.91 Å². The molecule has 0 bridgehead atoms. The van der Waals surface area contributed by atoms with E-state index in [4.69, 9.17) is 21.3 Å². The average Bonchev–Trinajstić information content (AvgIpc) is 4.06. The number of hydrogen-bond donors (Lipinski definition) is 1. The number of imide groups is 1. The Labute approximate surface area is 421 Å². The molecule has 14 nitrogen and oxygen atoms in total. The molecular weight excluding hydrogens is 912 g/mol. The second-order valence-corrected chi connectivity index (χ2v) is 20.6. The van der Waals surface area contributed by atoms with Gasteiger partial charge in [0, 0.05) is 68.7 Å². The van der Waals surface area contributed by atoms with Crippen LogP contribution in [0.1, 0.15) is 121 Å². The lowest BCUT2D eigenvalue weighted by atomic mass is 9.80. The lowest BCUT2D eigenvalue weighted by molar-refractivity contribution is -0.136. The number of piperidine rings is 1. The molecule has 2 saturated heterocycles. The summed E-state index contributed by atoms with van der Waals surface area (Å²) in [6.45, 7) is 5.25. The minimum absolute atomic E-state index is 0.211. The molecule has 3 aliphatic heterocycles. The van der Waals surface area contributed by atoms with Gasteiger partial charge in [-0.15, -0.1) is 0 Å². The van der Waals surface area contributed by atoms with Gasteiger partial charge in [0.1, 0.15) is 35.7 Å². The summed E-state index contributed by atoms with van der Waals surface area (Å²) in [7, 11) is 1.98. The van der Waals surface area contributed by atoms with Crippen molar-refractivity contribution < 1.29 is 19.1 Å². The van der Waals surface area contributed by atoms with E-state index in [9.17, 15) is 19.6 Å². The van der Waals surface area contributed by atoms with Crippen LogP contribution in [0.3, 0.4) is 0 Å². The Hall–Kier alpha value is -6.61. The molecule has 1 N–H and O–H groups in total. The second-order valence-electron chi connectivity index (χ2n) is 20.2. The zero-order valence-corrected chi connectivity index (χ0v) is 41.4. The third-order valence-corrected chi connectivity index (χ3v) is 15.6. The zero-order valence-electron chi connectivity index (χ0n) is 40.6. The van der Waals surface area contributed by atoms with Crippen molar-refractivity contribution >= 4 is 41.0 Å². The monoisotopic (exact) mass is 973 g/mol. The maximum Gasteiger partial charge on any atom is 0.530 e. The van der Waals surface area contributed by atoms with E-state index in [2.05, 4.69) is 78.6 Å². The van der Waals surface area contributed by atoms with Gasteiger partial charge < -0.3 is 14.5 Å². The first-order valence-electron chi connectivity index (χ1n) is 25.6. The number of benzene rings is 3. The molecule has 0 unspecified atom stereocenters. The van der Waals surface area contributed by atoms with E-state index in [1.54, 1.807) is 23.2 Å². The number of carbonyl (C=O) groups is 3. The molecule has 0 spiro atoms. The highest BCUT2D eigenvalue weighted by Gasteiger charge is 2.40. The molecular formula is C56H62ClN10O4+. The minimum Gasteiger partial charge on any atom is -0.489 e. The number of ether oxygens (including phenoxy) is 1. The van der Waals surface area contributed by atoms with Gasteiger partial charge in [0.2, 0.25) is 11.8 Å². The molecule has 3 aromatic carbocycles. The predicted octanol–water partition coefficient (Wildman–Crippen LogP) is 9.59. The van der Waals surface area contributed by atoms with Crippen LogP contribution in [0.5, 0.6) is 5.75 Å². The van der Waals surface area contributed by atoms with Gasteiger partial charge in [0.05, 0.1) is 35.9 Å². The van der Waals surface area contributed by atoms with Crippen LogP contribution in [0, 0.1) is 35.2 Å². The predicted molar refractivity (Wildman–Crippen MR) is 272 cm³/mol.